The van der Waals surface area contributed by atoms with Crippen LogP contribution < -0.4 is 0 Å². The van der Waals surface area contributed by atoms with E-state index in [0.29, 0.717) is 11.0 Å². The number of ether oxygens (including phenoxy) is 1. The highest BCUT2D eigenvalue weighted by Crippen LogP contribution is 2.29. The number of fused-ring (bicyclic) bond motifs is 1. The average Bonchev–Trinajstić information content (AvgIpc) is 2.39. The van der Waals surface area contributed by atoms with Crippen LogP contribution in [0, 0.1) is 6.92 Å². The maximum Gasteiger partial charge on any atom is 0.339 e. The van der Waals surface area contributed by atoms with Gasteiger partial charge in [0, 0.05) is 17.3 Å². The fourth-order valence-electron chi connectivity index (χ4n) is 1.61. The Morgan fingerprint density at radius 3 is 2.89 bits per heavy atom. The second kappa shape index (κ2) is 4.68. The van der Waals surface area contributed by atoms with E-state index in [1.807, 2.05) is 6.92 Å². The van der Waals surface area contributed by atoms with Crippen LogP contribution in [-0.2, 0) is 4.74 Å². The van der Waals surface area contributed by atoms with Crippen molar-refractivity contribution in [3.8, 4) is 0 Å². The summed E-state index contributed by atoms with van der Waals surface area (Å²) in [6, 6.07) is 1.78. The van der Waals surface area contributed by atoms with Gasteiger partial charge in [0.2, 0.25) is 0 Å². The van der Waals surface area contributed by atoms with Crippen LogP contribution in [0.2, 0.25) is 0 Å². The molecule has 0 unspecified atom stereocenters. The predicted molar refractivity (Wildman–Crippen MR) is 64.4 cm³/mol. The van der Waals surface area contributed by atoms with Gasteiger partial charge in [0.25, 0.3) is 0 Å². The molecule has 90 valence electrons. The summed E-state index contributed by atoms with van der Waals surface area (Å²) in [5, 5.41) is 3.52. The number of carbonyl (C=O) groups excluding carboxylic acids is 1. The van der Waals surface area contributed by atoms with Crippen molar-refractivity contribution in [1.29, 1.82) is 0 Å². The number of esters is 1. The van der Waals surface area contributed by atoms with Crippen molar-refractivity contribution in [2.75, 3.05) is 7.11 Å². The van der Waals surface area contributed by atoms with Gasteiger partial charge in [0.15, 0.2) is 0 Å². The first-order valence-electron chi connectivity index (χ1n) is 5.06. The number of hydrogen-bond donors (Lipinski definition) is 0. The van der Waals surface area contributed by atoms with Gasteiger partial charge in [-0.05, 0) is 24.1 Å². The monoisotopic (exact) mass is 243 g/mol. The van der Waals surface area contributed by atoms with Gasteiger partial charge in [-0.3, -0.25) is 9.97 Å². The molecule has 0 saturated carbocycles. The summed E-state index contributed by atoms with van der Waals surface area (Å²) in [6.07, 6.45) is 2.89. The predicted octanol–water partition coefficient (Wildman–Crippen LogP) is 2.67. The molecule has 0 aliphatic heterocycles. The number of pyridine rings is 2. The van der Waals surface area contributed by atoms with E-state index in [-0.39, 0.29) is 11.3 Å². The van der Waals surface area contributed by atoms with Crippen molar-refractivity contribution in [3.05, 3.63) is 40.0 Å². The molecule has 0 N–H and O–H groups in total. The molecule has 2 rings (SSSR count). The van der Waals surface area contributed by atoms with E-state index in [0.717, 1.165) is 5.56 Å². The second-order valence-corrected chi connectivity index (χ2v) is 3.53. The second-order valence-electron chi connectivity index (χ2n) is 3.53. The largest absolute Gasteiger partial charge is 0.465 e. The average molecular weight is 243 g/mol. The fourth-order valence-corrected chi connectivity index (χ4v) is 1.61. The Morgan fingerprint density at radius 1 is 1.44 bits per heavy atom. The number of aromatic nitrogens is 2. The SMILES string of the molecule is COC(=O)c1cnc2c(C)ccnc2c1N=[N+]=[N-]. The van der Waals surface area contributed by atoms with Gasteiger partial charge in [-0.2, -0.15) is 0 Å². The summed E-state index contributed by atoms with van der Waals surface area (Å²) in [7, 11) is 1.25. The lowest BCUT2D eigenvalue weighted by molar-refractivity contribution is 0.0601. The smallest absolute Gasteiger partial charge is 0.339 e. The van der Waals surface area contributed by atoms with Crippen molar-refractivity contribution < 1.29 is 9.53 Å². The van der Waals surface area contributed by atoms with Crippen molar-refractivity contribution >= 4 is 22.7 Å². The van der Waals surface area contributed by atoms with Crippen LogP contribution in [0.4, 0.5) is 5.69 Å². The molecule has 0 radical (unpaired) electrons. The van der Waals surface area contributed by atoms with Crippen LogP contribution in [0.15, 0.2) is 23.6 Å². The quantitative estimate of drug-likeness (QED) is 0.350. The summed E-state index contributed by atoms with van der Waals surface area (Å²) in [4.78, 5) is 22.5. The van der Waals surface area contributed by atoms with E-state index in [4.69, 9.17) is 5.53 Å². The number of azide groups is 1. The molecule has 0 spiro atoms. The first-order valence-corrected chi connectivity index (χ1v) is 5.06. The summed E-state index contributed by atoms with van der Waals surface area (Å²) >= 11 is 0. The minimum atomic E-state index is -0.616. The Bertz CT molecular complexity index is 676. The van der Waals surface area contributed by atoms with Gasteiger partial charge in [-0.1, -0.05) is 5.11 Å². The lowest BCUT2D eigenvalue weighted by Crippen LogP contribution is -2.03. The molecule has 0 bridgehead atoms. The van der Waals surface area contributed by atoms with Crippen molar-refractivity contribution in [2.45, 2.75) is 6.92 Å². The molecule has 0 aliphatic rings. The van der Waals surface area contributed by atoms with Crippen LogP contribution in [-0.4, -0.2) is 23.0 Å². The number of methoxy groups -OCH3 is 1. The molecule has 2 aromatic heterocycles. The summed E-state index contributed by atoms with van der Waals surface area (Å²) in [6.45, 7) is 1.86. The van der Waals surface area contributed by atoms with Crippen LogP contribution in [0.5, 0.6) is 0 Å². The lowest BCUT2D eigenvalue weighted by Gasteiger charge is -2.07. The van der Waals surface area contributed by atoms with E-state index >= 15 is 0 Å². The maximum absolute atomic E-state index is 11.6. The molecule has 7 heteroatoms. The van der Waals surface area contributed by atoms with Gasteiger partial charge in [0.1, 0.15) is 0 Å². The molecule has 0 aromatic carbocycles. The van der Waals surface area contributed by atoms with Crippen LogP contribution in [0.25, 0.3) is 21.5 Å². The molecule has 0 atom stereocenters. The third-order valence-corrected chi connectivity index (χ3v) is 2.48. The van der Waals surface area contributed by atoms with Crippen LogP contribution >= 0.6 is 0 Å². The first kappa shape index (κ1) is 11.8. The molecule has 0 aliphatic carbocycles. The molecular formula is C11H9N5O2. The molecule has 0 saturated heterocycles. The number of nitrogens with zero attached hydrogens (tertiary/aromatic N) is 5. The van der Waals surface area contributed by atoms with E-state index in [9.17, 15) is 4.79 Å². The normalized spacial score (nSPS) is 9.89. The fraction of sp³-hybridized carbons (Fsp3) is 0.182. The Labute approximate surface area is 102 Å². The third-order valence-electron chi connectivity index (χ3n) is 2.48. The van der Waals surface area contributed by atoms with Gasteiger partial charge in [0.05, 0.1) is 29.4 Å². The Hall–Kier alpha value is -2.66. The number of hydrogen-bond acceptors (Lipinski definition) is 5. The van der Waals surface area contributed by atoms with E-state index in [1.54, 1.807) is 12.3 Å². The van der Waals surface area contributed by atoms with Crippen molar-refractivity contribution in [2.24, 2.45) is 5.11 Å². The maximum atomic E-state index is 11.6. The summed E-state index contributed by atoms with van der Waals surface area (Å²) < 4.78 is 4.61. The van der Waals surface area contributed by atoms with Crippen molar-refractivity contribution in [1.82, 2.24) is 9.97 Å². The van der Waals surface area contributed by atoms with Gasteiger partial charge >= 0.3 is 5.97 Å². The number of rotatable bonds is 2. The third kappa shape index (κ3) is 1.83. The number of aryl methyl sites for hydroxylation is 1. The molecule has 2 heterocycles. The topological polar surface area (TPSA) is 101 Å². The molecular weight excluding hydrogens is 234 g/mol. The van der Waals surface area contributed by atoms with Crippen LogP contribution in [0.3, 0.4) is 0 Å². The molecule has 0 fully saturated rings. The van der Waals surface area contributed by atoms with Gasteiger partial charge < -0.3 is 4.74 Å². The van der Waals surface area contributed by atoms with Gasteiger partial charge in [-0.15, -0.1) is 0 Å². The lowest BCUT2D eigenvalue weighted by atomic mass is 10.1. The highest BCUT2D eigenvalue weighted by atomic mass is 16.5. The van der Waals surface area contributed by atoms with Crippen LogP contribution in [0.1, 0.15) is 15.9 Å². The molecule has 7 nitrogen and oxygen atoms in total. The number of carbonyl (C=O) groups is 1. The highest BCUT2D eigenvalue weighted by molar-refractivity contribution is 6.02. The molecule has 2 aromatic rings. The molecule has 0 amide bonds. The minimum absolute atomic E-state index is 0.0981. The highest BCUT2D eigenvalue weighted by Gasteiger charge is 2.16. The minimum Gasteiger partial charge on any atom is -0.465 e. The zero-order valence-corrected chi connectivity index (χ0v) is 9.78. The Morgan fingerprint density at radius 2 is 2.22 bits per heavy atom. The Kier molecular flexibility index (Phi) is 3.07. The zero-order valence-electron chi connectivity index (χ0n) is 9.78. The van der Waals surface area contributed by atoms with Gasteiger partial charge in [-0.25, -0.2) is 4.79 Å². The zero-order chi connectivity index (χ0) is 13.1. The van der Waals surface area contributed by atoms with E-state index in [1.165, 1.54) is 13.3 Å². The van der Waals surface area contributed by atoms with E-state index < -0.39 is 5.97 Å². The summed E-state index contributed by atoms with van der Waals surface area (Å²) in [5.41, 5.74) is 10.7. The molecule has 18 heavy (non-hydrogen) atoms. The standard InChI is InChI=1S/C11H9N5O2/c1-6-3-4-13-10-8(6)14-5-7(11(17)18-2)9(10)15-16-12/h3-5H,1-2H3. The Balaban J connectivity index is 2.87. The van der Waals surface area contributed by atoms with Crippen molar-refractivity contribution in [3.63, 3.8) is 0 Å². The summed E-state index contributed by atoms with van der Waals surface area (Å²) in [5.74, 6) is -0.616. The first-order chi connectivity index (χ1) is 8.69. The van der Waals surface area contributed by atoms with E-state index in [2.05, 4.69) is 24.7 Å².